The second-order valence-electron chi connectivity index (χ2n) is 9.45. The van der Waals surface area contributed by atoms with Crippen LogP contribution in [0.25, 0.3) is 0 Å². The molecule has 0 bridgehead atoms. The highest BCUT2D eigenvalue weighted by Gasteiger charge is 2.37. The molecule has 0 saturated carbocycles. The molecule has 0 aromatic heterocycles. The van der Waals surface area contributed by atoms with Gasteiger partial charge in [-0.2, -0.15) is 26.3 Å². The lowest BCUT2D eigenvalue weighted by Gasteiger charge is -2.25. The molecule has 1 aliphatic rings. The van der Waals surface area contributed by atoms with Crippen molar-refractivity contribution in [3.63, 3.8) is 0 Å². The molecule has 41 heavy (non-hydrogen) atoms. The van der Waals surface area contributed by atoms with E-state index >= 15 is 0 Å². The second-order valence-corrected chi connectivity index (χ2v) is 10.3. The van der Waals surface area contributed by atoms with Crippen molar-refractivity contribution in [1.29, 1.82) is 0 Å². The highest BCUT2D eigenvalue weighted by atomic mass is 35.5. The molecule has 3 rings (SSSR count). The second kappa shape index (κ2) is 13.2. The summed E-state index contributed by atoms with van der Waals surface area (Å²) in [5, 5.41) is 3.33. The summed E-state index contributed by atoms with van der Waals surface area (Å²) in [6.07, 6.45) is -6.16. The first-order valence-electron chi connectivity index (χ1n) is 12.3. The minimum atomic E-state index is -5.10. The van der Waals surface area contributed by atoms with Gasteiger partial charge in [0.15, 0.2) is 0 Å². The van der Waals surface area contributed by atoms with Gasteiger partial charge in [0.05, 0.1) is 21.2 Å². The van der Waals surface area contributed by atoms with Crippen LogP contribution in [0, 0.1) is 0 Å². The molecule has 1 aliphatic heterocycles. The molecule has 1 heterocycles. The Labute approximate surface area is 241 Å². The monoisotopic (exact) mass is 623 g/mol. The number of alkyl halides is 6. The van der Waals surface area contributed by atoms with Crippen molar-refractivity contribution < 1.29 is 40.7 Å². The number of amides is 3. The van der Waals surface area contributed by atoms with E-state index in [2.05, 4.69) is 5.32 Å². The summed E-state index contributed by atoms with van der Waals surface area (Å²) in [5.74, 6) is -2.06. The molecule has 3 amide bonds. The Bertz CT molecular complexity index is 1300. The number of nitrogens with zero attached hydrogens (tertiary/aromatic N) is 2. The van der Waals surface area contributed by atoms with Gasteiger partial charge in [-0.1, -0.05) is 35.3 Å². The van der Waals surface area contributed by atoms with E-state index in [4.69, 9.17) is 23.2 Å². The van der Waals surface area contributed by atoms with Gasteiger partial charge < -0.3 is 15.1 Å². The fraction of sp³-hybridized carbons (Fsp3) is 0.370. The number of benzene rings is 2. The molecule has 2 aromatic carbocycles. The number of hydrogen-bond donors (Lipinski definition) is 1. The number of likely N-dealkylation sites (N-methyl/N-ethyl adjacent to an activating group) is 1. The zero-order valence-electron chi connectivity index (χ0n) is 21.6. The van der Waals surface area contributed by atoms with Crippen molar-refractivity contribution in [3.05, 3.63) is 80.8 Å². The number of likely N-dealkylation sites (tertiary alicyclic amines) is 1. The van der Waals surface area contributed by atoms with Crippen LogP contribution in [0.5, 0.6) is 0 Å². The van der Waals surface area contributed by atoms with Gasteiger partial charge in [-0.05, 0) is 55.2 Å². The Morgan fingerprint density at radius 3 is 2.22 bits per heavy atom. The zero-order chi connectivity index (χ0) is 30.5. The fourth-order valence-corrected chi connectivity index (χ4v) is 4.49. The molecule has 2 aromatic rings. The van der Waals surface area contributed by atoms with Crippen molar-refractivity contribution >= 4 is 40.9 Å². The highest BCUT2D eigenvalue weighted by molar-refractivity contribution is 6.42. The third-order valence-electron chi connectivity index (χ3n) is 6.28. The molecule has 1 N–H and O–H groups in total. The Morgan fingerprint density at radius 1 is 1.00 bits per heavy atom. The Morgan fingerprint density at radius 2 is 1.63 bits per heavy atom. The normalized spacial score (nSPS) is 16.6. The van der Waals surface area contributed by atoms with Gasteiger partial charge in [0.1, 0.15) is 6.04 Å². The summed E-state index contributed by atoms with van der Waals surface area (Å²) in [6, 6.07) is 4.81. The van der Waals surface area contributed by atoms with E-state index in [1.165, 1.54) is 6.08 Å². The summed E-state index contributed by atoms with van der Waals surface area (Å²) < 4.78 is 78.7. The SMILES string of the molecule is CN(CC=CC(=O)N[C@@H]1CCCCN(Cc2ccc(Cl)c(Cl)c2)C1=O)C(=O)c1cc(C(F)(F)F)cc(C(F)(F)F)c1. The minimum Gasteiger partial charge on any atom is -0.341 e. The van der Waals surface area contributed by atoms with Crippen molar-refractivity contribution in [3.8, 4) is 0 Å². The molecule has 1 fully saturated rings. The molecule has 0 spiro atoms. The number of carbonyl (C=O) groups is 3. The van der Waals surface area contributed by atoms with E-state index in [1.54, 1.807) is 23.1 Å². The van der Waals surface area contributed by atoms with Gasteiger partial charge in [-0.3, -0.25) is 14.4 Å². The van der Waals surface area contributed by atoms with Crippen molar-refractivity contribution in [1.82, 2.24) is 15.1 Å². The first kappa shape index (κ1) is 32.3. The topological polar surface area (TPSA) is 69.7 Å². The summed E-state index contributed by atoms with van der Waals surface area (Å²) in [4.78, 5) is 40.6. The van der Waals surface area contributed by atoms with Crippen LogP contribution in [-0.2, 0) is 28.5 Å². The van der Waals surface area contributed by atoms with E-state index < -0.39 is 46.9 Å². The Kier molecular flexibility index (Phi) is 10.4. The van der Waals surface area contributed by atoms with E-state index in [0.717, 1.165) is 23.6 Å². The summed E-state index contributed by atoms with van der Waals surface area (Å²) in [5.41, 5.74) is -3.27. The van der Waals surface area contributed by atoms with Crippen LogP contribution in [0.3, 0.4) is 0 Å². The first-order valence-corrected chi connectivity index (χ1v) is 13.1. The molecule has 1 saturated heterocycles. The van der Waals surface area contributed by atoms with Gasteiger partial charge in [-0.15, -0.1) is 0 Å². The summed E-state index contributed by atoms with van der Waals surface area (Å²) in [6.45, 7) is 0.433. The van der Waals surface area contributed by atoms with Crippen LogP contribution >= 0.6 is 23.2 Å². The molecule has 0 unspecified atom stereocenters. The molecule has 0 radical (unpaired) electrons. The minimum absolute atomic E-state index is 0.0679. The molecule has 14 heteroatoms. The first-order chi connectivity index (χ1) is 19.1. The molecule has 222 valence electrons. The van der Waals surface area contributed by atoms with E-state index in [1.807, 2.05) is 0 Å². The van der Waals surface area contributed by atoms with Crippen LogP contribution in [0.4, 0.5) is 26.3 Å². The van der Waals surface area contributed by atoms with Crippen molar-refractivity contribution in [2.24, 2.45) is 0 Å². The van der Waals surface area contributed by atoms with Crippen LogP contribution in [0.15, 0.2) is 48.6 Å². The molecule has 1 atom stereocenters. The third-order valence-corrected chi connectivity index (χ3v) is 7.02. The van der Waals surface area contributed by atoms with Crippen LogP contribution in [0.1, 0.15) is 46.3 Å². The maximum atomic E-state index is 13.1. The van der Waals surface area contributed by atoms with E-state index in [0.29, 0.717) is 48.0 Å². The summed E-state index contributed by atoms with van der Waals surface area (Å²) in [7, 11) is 1.16. The van der Waals surface area contributed by atoms with Gasteiger partial charge in [-0.25, -0.2) is 0 Å². The lowest BCUT2D eigenvalue weighted by atomic mass is 10.0. The fourth-order valence-electron chi connectivity index (χ4n) is 4.17. The number of rotatable bonds is 7. The van der Waals surface area contributed by atoms with Crippen LogP contribution in [-0.4, -0.2) is 53.7 Å². The third kappa shape index (κ3) is 8.87. The van der Waals surface area contributed by atoms with Gasteiger partial charge in [0.2, 0.25) is 11.8 Å². The number of carbonyl (C=O) groups excluding carboxylic acids is 3. The largest absolute Gasteiger partial charge is 0.416 e. The summed E-state index contributed by atoms with van der Waals surface area (Å²) >= 11 is 12.0. The van der Waals surface area contributed by atoms with Crippen molar-refractivity contribution in [2.75, 3.05) is 20.1 Å². The maximum Gasteiger partial charge on any atom is 0.416 e. The number of nitrogens with one attached hydrogen (secondary N) is 1. The van der Waals surface area contributed by atoms with Gasteiger partial charge >= 0.3 is 12.4 Å². The van der Waals surface area contributed by atoms with Crippen LogP contribution < -0.4 is 5.32 Å². The smallest absolute Gasteiger partial charge is 0.341 e. The van der Waals surface area contributed by atoms with E-state index in [-0.39, 0.29) is 25.1 Å². The molecule has 6 nitrogen and oxygen atoms in total. The lowest BCUT2D eigenvalue weighted by molar-refractivity contribution is -0.143. The lowest BCUT2D eigenvalue weighted by Crippen LogP contribution is -2.46. The number of halogens is 8. The zero-order valence-corrected chi connectivity index (χ0v) is 23.1. The standard InChI is InChI=1S/C27H25Cl2F6N3O3/c1-37(24(40)17-12-18(26(30,31)32)14-19(13-17)27(33,34)35)9-4-6-23(39)36-22-5-2-3-10-38(25(22)41)15-16-7-8-20(28)21(29)11-16/h4,6-8,11-14,22H,2-3,5,9-10,15H2,1H3,(H,36,39)/t22-/m1/s1. The van der Waals surface area contributed by atoms with Crippen molar-refractivity contribution in [2.45, 2.75) is 44.2 Å². The molecular weight excluding hydrogens is 599 g/mol. The average Bonchev–Trinajstić information content (AvgIpc) is 3.05. The Balaban J connectivity index is 1.63. The average molecular weight is 624 g/mol. The predicted octanol–water partition coefficient (Wildman–Crippen LogP) is 6.36. The van der Waals surface area contributed by atoms with Gasteiger partial charge in [0.25, 0.3) is 5.91 Å². The van der Waals surface area contributed by atoms with Crippen LogP contribution in [0.2, 0.25) is 10.0 Å². The maximum absolute atomic E-state index is 13.1. The predicted molar refractivity (Wildman–Crippen MR) is 140 cm³/mol. The number of hydrogen-bond acceptors (Lipinski definition) is 3. The van der Waals surface area contributed by atoms with E-state index in [9.17, 15) is 40.7 Å². The Hall–Kier alpha value is -3.25. The molecular formula is C27H25Cl2F6N3O3. The quantitative estimate of drug-likeness (QED) is 0.288. The highest BCUT2D eigenvalue weighted by Crippen LogP contribution is 2.36. The molecule has 0 aliphatic carbocycles. The van der Waals surface area contributed by atoms with Gasteiger partial charge in [0, 0.05) is 38.3 Å².